The van der Waals surface area contributed by atoms with E-state index in [1.54, 1.807) is 6.07 Å². The van der Waals surface area contributed by atoms with Gasteiger partial charge in [-0.3, -0.25) is 0 Å². The fourth-order valence-electron chi connectivity index (χ4n) is 2.03. The van der Waals surface area contributed by atoms with Crippen LogP contribution in [0, 0.1) is 17.1 Å². The van der Waals surface area contributed by atoms with Crippen LogP contribution in [0.3, 0.4) is 0 Å². The lowest BCUT2D eigenvalue weighted by molar-refractivity contribution is 0.580. The molecule has 4 heteroatoms. The number of nitrogens with one attached hydrogen (secondary N) is 1. The van der Waals surface area contributed by atoms with Crippen LogP contribution in [0.5, 0.6) is 0 Å². The third kappa shape index (κ3) is 3.44. The van der Waals surface area contributed by atoms with E-state index >= 15 is 0 Å². The number of nitriles is 1. The summed E-state index contributed by atoms with van der Waals surface area (Å²) in [6.07, 6.45) is 0.389. The molecule has 3 nitrogen and oxygen atoms in total. The van der Waals surface area contributed by atoms with E-state index in [4.69, 9.17) is 5.26 Å². The minimum Gasteiger partial charge on any atom is -0.371 e. The maximum absolute atomic E-state index is 14.0. The summed E-state index contributed by atoms with van der Waals surface area (Å²) in [7, 11) is 1.82. The van der Waals surface area contributed by atoms with E-state index in [1.165, 1.54) is 6.07 Å². The van der Waals surface area contributed by atoms with Gasteiger partial charge < -0.3 is 10.2 Å². The van der Waals surface area contributed by atoms with Gasteiger partial charge in [-0.2, -0.15) is 5.26 Å². The van der Waals surface area contributed by atoms with Gasteiger partial charge in [0, 0.05) is 19.6 Å². The second kappa shape index (κ2) is 6.97. The average molecular weight is 249 g/mol. The van der Waals surface area contributed by atoms with Gasteiger partial charge in [0.15, 0.2) is 0 Å². The number of rotatable bonds is 6. The van der Waals surface area contributed by atoms with Crippen LogP contribution in [0.1, 0.15) is 31.9 Å². The van der Waals surface area contributed by atoms with E-state index in [0.717, 1.165) is 12.1 Å². The highest BCUT2D eigenvalue weighted by atomic mass is 19.1. The van der Waals surface area contributed by atoms with Gasteiger partial charge in [-0.05, 0) is 25.1 Å². The number of halogens is 1. The molecule has 0 saturated heterocycles. The maximum atomic E-state index is 14.0. The zero-order valence-electron chi connectivity index (χ0n) is 11.2. The summed E-state index contributed by atoms with van der Waals surface area (Å²) < 4.78 is 14.0. The Hall–Kier alpha value is -1.60. The zero-order chi connectivity index (χ0) is 13.5. The Morgan fingerprint density at radius 1 is 1.50 bits per heavy atom. The summed E-state index contributed by atoms with van der Waals surface area (Å²) in [6.45, 7) is 5.40. The Balaban J connectivity index is 3.04. The van der Waals surface area contributed by atoms with Crippen molar-refractivity contribution in [3.05, 3.63) is 29.6 Å². The summed E-state index contributed by atoms with van der Waals surface area (Å²) in [5, 5.41) is 11.9. The van der Waals surface area contributed by atoms with E-state index in [2.05, 4.69) is 11.4 Å². The van der Waals surface area contributed by atoms with Crippen molar-refractivity contribution in [1.82, 2.24) is 5.32 Å². The van der Waals surface area contributed by atoms with E-state index in [-0.39, 0.29) is 11.9 Å². The molecule has 0 radical (unpaired) electrons. The van der Waals surface area contributed by atoms with Crippen molar-refractivity contribution in [1.29, 1.82) is 5.26 Å². The average Bonchev–Trinajstić information content (AvgIpc) is 2.35. The van der Waals surface area contributed by atoms with Gasteiger partial charge in [0.1, 0.15) is 5.82 Å². The summed E-state index contributed by atoms with van der Waals surface area (Å²) in [5.74, 6) is -0.238. The Morgan fingerprint density at radius 3 is 2.83 bits per heavy atom. The van der Waals surface area contributed by atoms with Crippen molar-refractivity contribution >= 4 is 5.69 Å². The highest BCUT2D eigenvalue weighted by Crippen LogP contribution is 2.28. The molecule has 0 aromatic heterocycles. The van der Waals surface area contributed by atoms with Crippen molar-refractivity contribution in [3.8, 4) is 6.07 Å². The van der Waals surface area contributed by atoms with E-state index < -0.39 is 0 Å². The monoisotopic (exact) mass is 249 g/mol. The molecule has 0 saturated carbocycles. The Labute approximate surface area is 108 Å². The van der Waals surface area contributed by atoms with Crippen LogP contribution < -0.4 is 10.2 Å². The molecule has 0 bridgehead atoms. The first-order valence-electron chi connectivity index (χ1n) is 6.21. The molecule has 1 rings (SSSR count). The number of hydrogen-bond acceptors (Lipinski definition) is 3. The first-order chi connectivity index (χ1) is 8.61. The molecule has 0 fully saturated rings. The lowest BCUT2D eigenvalue weighted by atomic mass is 10.0. The molecular formula is C14H20FN3. The van der Waals surface area contributed by atoms with Gasteiger partial charge in [0.05, 0.1) is 18.2 Å². The van der Waals surface area contributed by atoms with Crippen molar-refractivity contribution in [2.75, 3.05) is 25.0 Å². The third-order valence-electron chi connectivity index (χ3n) is 2.94. The van der Waals surface area contributed by atoms with Gasteiger partial charge in [0.2, 0.25) is 0 Å². The number of para-hydroxylation sites is 1. The van der Waals surface area contributed by atoms with Crippen LogP contribution in [0.4, 0.5) is 10.1 Å². The van der Waals surface area contributed by atoms with E-state index in [1.807, 2.05) is 31.9 Å². The van der Waals surface area contributed by atoms with Crippen molar-refractivity contribution in [2.24, 2.45) is 0 Å². The van der Waals surface area contributed by atoms with Crippen LogP contribution in [0.25, 0.3) is 0 Å². The third-order valence-corrected chi connectivity index (χ3v) is 2.94. The topological polar surface area (TPSA) is 39.1 Å². The van der Waals surface area contributed by atoms with E-state index in [0.29, 0.717) is 18.7 Å². The maximum Gasteiger partial charge on any atom is 0.146 e. The predicted octanol–water partition coefficient (Wildman–Crippen LogP) is 2.85. The molecule has 1 N–H and O–H groups in total. The van der Waals surface area contributed by atoms with Gasteiger partial charge in [-0.15, -0.1) is 0 Å². The lowest BCUT2D eigenvalue weighted by Crippen LogP contribution is -2.25. The van der Waals surface area contributed by atoms with Crippen LogP contribution in [-0.2, 0) is 0 Å². The molecule has 0 aliphatic rings. The Kier molecular flexibility index (Phi) is 5.60. The molecule has 1 unspecified atom stereocenters. The summed E-state index contributed by atoms with van der Waals surface area (Å²) >= 11 is 0. The number of anilines is 1. The highest BCUT2D eigenvalue weighted by molar-refractivity contribution is 5.55. The largest absolute Gasteiger partial charge is 0.371 e. The second-order valence-corrected chi connectivity index (χ2v) is 4.29. The predicted molar refractivity (Wildman–Crippen MR) is 72.0 cm³/mol. The SMILES string of the molecule is CCNC(C)c1cccc(F)c1N(C)CCC#N. The van der Waals surface area contributed by atoms with Crippen LogP contribution in [0.2, 0.25) is 0 Å². The zero-order valence-corrected chi connectivity index (χ0v) is 11.2. The van der Waals surface area contributed by atoms with Gasteiger partial charge >= 0.3 is 0 Å². The molecule has 98 valence electrons. The van der Waals surface area contributed by atoms with Crippen molar-refractivity contribution in [3.63, 3.8) is 0 Å². The fraction of sp³-hybridized carbons (Fsp3) is 0.500. The van der Waals surface area contributed by atoms with Crippen LogP contribution >= 0.6 is 0 Å². The Bertz CT molecular complexity index is 426. The molecular weight excluding hydrogens is 229 g/mol. The molecule has 0 aliphatic carbocycles. The number of benzene rings is 1. The molecule has 0 amide bonds. The van der Waals surface area contributed by atoms with Crippen LogP contribution in [0.15, 0.2) is 18.2 Å². The highest BCUT2D eigenvalue weighted by Gasteiger charge is 2.16. The van der Waals surface area contributed by atoms with Crippen LogP contribution in [-0.4, -0.2) is 20.1 Å². The van der Waals surface area contributed by atoms with Gasteiger partial charge in [-0.1, -0.05) is 19.1 Å². The minimum absolute atomic E-state index is 0.0882. The summed E-state index contributed by atoms with van der Waals surface area (Å²) in [4.78, 5) is 1.81. The molecule has 1 aromatic carbocycles. The minimum atomic E-state index is -0.238. The molecule has 18 heavy (non-hydrogen) atoms. The molecule has 0 heterocycles. The number of nitrogens with zero attached hydrogens (tertiary/aromatic N) is 2. The van der Waals surface area contributed by atoms with Gasteiger partial charge in [-0.25, -0.2) is 4.39 Å². The number of hydrogen-bond donors (Lipinski definition) is 1. The van der Waals surface area contributed by atoms with Crippen molar-refractivity contribution in [2.45, 2.75) is 26.3 Å². The lowest BCUT2D eigenvalue weighted by Gasteiger charge is -2.25. The first-order valence-corrected chi connectivity index (χ1v) is 6.21. The standard InChI is InChI=1S/C14H20FN3/c1-4-17-11(2)12-7-5-8-13(15)14(12)18(3)10-6-9-16/h5,7-8,11,17H,4,6,10H2,1-3H3. The molecule has 0 spiro atoms. The molecule has 0 aliphatic heterocycles. The quantitative estimate of drug-likeness (QED) is 0.842. The summed E-state index contributed by atoms with van der Waals surface area (Å²) in [5.41, 5.74) is 1.51. The molecule has 1 aromatic rings. The van der Waals surface area contributed by atoms with Crippen molar-refractivity contribution < 1.29 is 4.39 Å². The van der Waals surface area contributed by atoms with Gasteiger partial charge in [0.25, 0.3) is 0 Å². The molecule has 1 atom stereocenters. The second-order valence-electron chi connectivity index (χ2n) is 4.29. The smallest absolute Gasteiger partial charge is 0.146 e. The fourth-order valence-corrected chi connectivity index (χ4v) is 2.03. The normalized spacial score (nSPS) is 11.9. The Morgan fingerprint density at radius 2 is 2.22 bits per heavy atom. The first kappa shape index (κ1) is 14.5. The van der Waals surface area contributed by atoms with E-state index in [9.17, 15) is 4.39 Å². The summed E-state index contributed by atoms with van der Waals surface area (Å²) in [6, 6.07) is 7.28.